The smallest absolute Gasteiger partial charge is 0.188 e. The highest BCUT2D eigenvalue weighted by atomic mass is 35.5. The first kappa shape index (κ1) is 10.4. The van der Waals surface area contributed by atoms with Gasteiger partial charge in [0, 0.05) is 11.1 Å². The summed E-state index contributed by atoms with van der Waals surface area (Å²) in [5, 5.41) is 5.98. The highest BCUT2D eigenvalue weighted by molar-refractivity contribution is 7.14. The largest absolute Gasteiger partial charge is 0.331 e. The lowest BCUT2D eigenvalue weighted by Gasteiger charge is -2.05. The van der Waals surface area contributed by atoms with Crippen molar-refractivity contribution in [3.05, 3.63) is 40.1 Å². The molecule has 0 bridgehead atoms. The maximum Gasteiger partial charge on any atom is 0.188 e. The van der Waals surface area contributed by atoms with Gasteiger partial charge in [0.05, 0.1) is 0 Å². The average molecular weight is 243 g/mol. The summed E-state index contributed by atoms with van der Waals surface area (Å²) in [6, 6.07) is 4.56. The number of nitrogens with one attached hydrogen (secondary N) is 1. The molecular weight excluding hydrogens is 235 g/mol. The maximum absolute atomic E-state index is 12.8. The Morgan fingerprint density at radius 3 is 2.87 bits per heavy atom. The summed E-state index contributed by atoms with van der Waals surface area (Å²) < 4.78 is 12.8. The summed E-state index contributed by atoms with van der Waals surface area (Å²) in [7, 11) is 0. The SMILES string of the molecule is Cc1cc(F)ccc1Nc1nc(Cl)cs1. The number of nitrogens with zero attached hydrogens (tertiary/aromatic N) is 1. The van der Waals surface area contributed by atoms with Gasteiger partial charge in [0.25, 0.3) is 0 Å². The molecule has 0 radical (unpaired) electrons. The molecule has 0 saturated carbocycles. The van der Waals surface area contributed by atoms with Crippen LogP contribution in [0.15, 0.2) is 23.6 Å². The van der Waals surface area contributed by atoms with E-state index in [2.05, 4.69) is 10.3 Å². The third-order valence-electron chi connectivity index (χ3n) is 1.91. The van der Waals surface area contributed by atoms with E-state index in [4.69, 9.17) is 11.6 Å². The number of aryl methyl sites for hydroxylation is 1. The van der Waals surface area contributed by atoms with Crippen LogP contribution in [0.3, 0.4) is 0 Å². The first-order valence-corrected chi connectivity index (χ1v) is 5.55. The van der Waals surface area contributed by atoms with E-state index in [1.165, 1.54) is 23.5 Å². The van der Waals surface area contributed by atoms with E-state index in [9.17, 15) is 4.39 Å². The van der Waals surface area contributed by atoms with Gasteiger partial charge in [-0.15, -0.1) is 11.3 Å². The maximum atomic E-state index is 12.8. The molecule has 2 rings (SSSR count). The first-order chi connectivity index (χ1) is 7.15. The van der Waals surface area contributed by atoms with Crippen molar-refractivity contribution >= 4 is 33.8 Å². The molecule has 0 saturated heterocycles. The van der Waals surface area contributed by atoms with Gasteiger partial charge >= 0.3 is 0 Å². The fourth-order valence-electron chi connectivity index (χ4n) is 1.19. The second-order valence-corrected chi connectivity index (χ2v) is 4.30. The molecule has 0 unspecified atom stereocenters. The molecular formula is C10H8ClFN2S. The first-order valence-electron chi connectivity index (χ1n) is 4.29. The predicted molar refractivity (Wildman–Crippen MR) is 61.5 cm³/mol. The number of thiazole rings is 1. The summed E-state index contributed by atoms with van der Waals surface area (Å²) in [6.07, 6.45) is 0. The van der Waals surface area contributed by atoms with Crippen LogP contribution in [-0.2, 0) is 0 Å². The Hall–Kier alpha value is -1.13. The van der Waals surface area contributed by atoms with Crippen molar-refractivity contribution < 1.29 is 4.39 Å². The van der Waals surface area contributed by atoms with Gasteiger partial charge in [0.15, 0.2) is 5.13 Å². The zero-order valence-electron chi connectivity index (χ0n) is 7.92. The van der Waals surface area contributed by atoms with Crippen molar-refractivity contribution in [1.29, 1.82) is 0 Å². The number of rotatable bonds is 2. The molecule has 1 heterocycles. The molecule has 0 amide bonds. The molecule has 1 aromatic heterocycles. The normalized spacial score (nSPS) is 10.3. The van der Waals surface area contributed by atoms with E-state index in [1.54, 1.807) is 11.4 Å². The topological polar surface area (TPSA) is 24.9 Å². The van der Waals surface area contributed by atoms with Gasteiger partial charge in [0.1, 0.15) is 11.0 Å². The Bertz CT molecular complexity index is 484. The Labute approximate surface area is 95.7 Å². The summed E-state index contributed by atoms with van der Waals surface area (Å²) in [4.78, 5) is 4.05. The highest BCUT2D eigenvalue weighted by Gasteiger charge is 2.03. The number of halogens is 2. The van der Waals surface area contributed by atoms with Crippen molar-refractivity contribution in [3.63, 3.8) is 0 Å². The Morgan fingerprint density at radius 1 is 1.47 bits per heavy atom. The van der Waals surface area contributed by atoms with Crippen LogP contribution in [0.1, 0.15) is 5.56 Å². The molecule has 2 aromatic rings. The van der Waals surface area contributed by atoms with Crippen LogP contribution in [-0.4, -0.2) is 4.98 Å². The second kappa shape index (κ2) is 4.16. The zero-order valence-corrected chi connectivity index (χ0v) is 9.49. The lowest BCUT2D eigenvalue weighted by atomic mass is 10.2. The van der Waals surface area contributed by atoms with Gasteiger partial charge in [-0.1, -0.05) is 11.6 Å². The minimum Gasteiger partial charge on any atom is -0.331 e. The standard InChI is InChI=1S/C10H8ClFN2S/c1-6-4-7(12)2-3-8(6)13-10-14-9(11)5-15-10/h2-5H,1H3,(H,13,14). The molecule has 1 aromatic carbocycles. The fourth-order valence-corrected chi connectivity index (χ4v) is 2.04. The fraction of sp³-hybridized carbons (Fsp3) is 0.100. The quantitative estimate of drug-likeness (QED) is 0.861. The van der Waals surface area contributed by atoms with Crippen molar-refractivity contribution in [3.8, 4) is 0 Å². The minimum atomic E-state index is -0.241. The van der Waals surface area contributed by atoms with E-state index < -0.39 is 0 Å². The van der Waals surface area contributed by atoms with E-state index in [0.29, 0.717) is 10.3 Å². The molecule has 0 fully saturated rings. The van der Waals surface area contributed by atoms with Crippen LogP contribution in [0.4, 0.5) is 15.2 Å². The molecule has 0 atom stereocenters. The molecule has 0 spiro atoms. The third-order valence-corrected chi connectivity index (χ3v) is 2.99. The highest BCUT2D eigenvalue weighted by Crippen LogP contribution is 2.25. The Morgan fingerprint density at radius 2 is 2.27 bits per heavy atom. The van der Waals surface area contributed by atoms with Crippen LogP contribution in [0.5, 0.6) is 0 Å². The zero-order chi connectivity index (χ0) is 10.8. The van der Waals surface area contributed by atoms with Crippen LogP contribution in [0.25, 0.3) is 0 Å². The Balaban J connectivity index is 2.24. The molecule has 78 valence electrons. The van der Waals surface area contributed by atoms with Gasteiger partial charge in [0.2, 0.25) is 0 Å². The van der Waals surface area contributed by atoms with E-state index in [1.807, 2.05) is 6.92 Å². The lowest BCUT2D eigenvalue weighted by Crippen LogP contribution is -1.92. The van der Waals surface area contributed by atoms with Gasteiger partial charge in [-0.2, -0.15) is 0 Å². The van der Waals surface area contributed by atoms with E-state index >= 15 is 0 Å². The van der Waals surface area contributed by atoms with Gasteiger partial charge < -0.3 is 5.32 Å². The van der Waals surface area contributed by atoms with Gasteiger partial charge in [-0.25, -0.2) is 9.37 Å². The van der Waals surface area contributed by atoms with E-state index in [-0.39, 0.29) is 5.82 Å². The summed E-state index contributed by atoms with van der Waals surface area (Å²) in [5.74, 6) is -0.241. The minimum absolute atomic E-state index is 0.241. The van der Waals surface area contributed by atoms with Gasteiger partial charge in [-0.3, -0.25) is 0 Å². The molecule has 2 nitrogen and oxygen atoms in total. The number of aromatic nitrogens is 1. The van der Waals surface area contributed by atoms with Crippen LogP contribution < -0.4 is 5.32 Å². The number of hydrogen-bond acceptors (Lipinski definition) is 3. The summed E-state index contributed by atoms with van der Waals surface area (Å²) in [6.45, 7) is 1.83. The molecule has 0 aliphatic heterocycles. The second-order valence-electron chi connectivity index (χ2n) is 3.06. The molecule has 1 N–H and O–H groups in total. The third kappa shape index (κ3) is 2.46. The van der Waals surface area contributed by atoms with Crippen LogP contribution in [0.2, 0.25) is 5.15 Å². The van der Waals surface area contributed by atoms with Crippen LogP contribution in [0, 0.1) is 12.7 Å². The molecule has 0 aliphatic carbocycles. The number of benzene rings is 1. The van der Waals surface area contributed by atoms with Crippen molar-refractivity contribution in [1.82, 2.24) is 4.98 Å². The summed E-state index contributed by atoms with van der Waals surface area (Å²) >= 11 is 7.10. The molecule has 15 heavy (non-hydrogen) atoms. The summed E-state index contributed by atoms with van der Waals surface area (Å²) in [5.41, 5.74) is 1.67. The average Bonchev–Trinajstić information content (AvgIpc) is 2.56. The van der Waals surface area contributed by atoms with Crippen molar-refractivity contribution in [2.45, 2.75) is 6.92 Å². The van der Waals surface area contributed by atoms with Crippen LogP contribution >= 0.6 is 22.9 Å². The number of anilines is 2. The van der Waals surface area contributed by atoms with E-state index in [0.717, 1.165) is 11.3 Å². The van der Waals surface area contributed by atoms with Crippen molar-refractivity contribution in [2.75, 3.05) is 5.32 Å². The van der Waals surface area contributed by atoms with Gasteiger partial charge in [-0.05, 0) is 30.7 Å². The molecule has 0 aliphatic rings. The van der Waals surface area contributed by atoms with Crippen molar-refractivity contribution in [2.24, 2.45) is 0 Å². The Kier molecular flexibility index (Phi) is 2.88. The monoisotopic (exact) mass is 242 g/mol. The predicted octanol–water partition coefficient (Wildman–Crippen LogP) is 3.99. The molecule has 5 heteroatoms. The number of hydrogen-bond donors (Lipinski definition) is 1. The lowest BCUT2D eigenvalue weighted by molar-refractivity contribution is 0.627.